The molecule has 2 heterocycles. The van der Waals surface area contributed by atoms with Crippen LogP contribution in [0.25, 0.3) is 10.9 Å². The number of fused-ring (bicyclic) bond motifs is 1. The summed E-state index contributed by atoms with van der Waals surface area (Å²) in [7, 11) is 1.86. The van der Waals surface area contributed by atoms with Gasteiger partial charge in [-0.1, -0.05) is 12.8 Å². The molecule has 0 spiro atoms. The molecule has 1 aromatic carbocycles. The first-order chi connectivity index (χ1) is 13.5. The Morgan fingerprint density at radius 1 is 1.36 bits per heavy atom. The third kappa shape index (κ3) is 4.02. The molecule has 28 heavy (non-hydrogen) atoms. The molecule has 4 nitrogen and oxygen atoms in total. The number of alkyl halides is 1. The van der Waals surface area contributed by atoms with Crippen molar-refractivity contribution in [3.05, 3.63) is 43.9 Å². The molecular formula is C21H24BrClFNO3. The summed E-state index contributed by atoms with van der Waals surface area (Å²) in [4.78, 5) is 12.9. The van der Waals surface area contributed by atoms with E-state index in [1.54, 1.807) is 0 Å². The first kappa shape index (κ1) is 20.3. The highest BCUT2D eigenvalue weighted by Gasteiger charge is 2.31. The highest BCUT2D eigenvalue weighted by Crippen LogP contribution is 2.42. The molecule has 1 saturated carbocycles. The van der Waals surface area contributed by atoms with Crippen LogP contribution in [0.4, 0.5) is 4.39 Å². The van der Waals surface area contributed by atoms with Crippen LogP contribution in [0.3, 0.4) is 0 Å². The van der Waals surface area contributed by atoms with Crippen LogP contribution in [0, 0.1) is 11.7 Å². The van der Waals surface area contributed by atoms with Crippen molar-refractivity contribution < 1.29 is 13.9 Å². The van der Waals surface area contributed by atoms with Crippen molar-refractivity contribution >= 4 is 38.4 Å². The molecule has 152 valence electrons. The third-order valence-corrected chi connectivity index (χ3v) is 6.78. The van der Waals surface area contributed by atoms with Crippen LogP contribution in [0.1, 0.15) is 55.9 Å². The second-order valence-electron chi connectivity index (χ2n) is 7.77. The maximum absolute atomic E-state index is 14.5. The lowest BCUT2D eigenvalue weighted by molar-refractivity contribution is -0.191. The van der Waals surface area contributed by atoms with E-state index in [4.69, 9.17) is 21.1 Å². The van der Waals surface area contributed by atoms with Gasteiger partial charge in [-0.25, -0.2) is 4.39 Å². The number of aromatic nitrogens is 1. The van der Waals surface area contributed by atoms with Gasteiger partial charge in [-0.15, -0.1) is 11.6 Å². The Morgan fingerprint density at radius 2 is 2.14 bits per heavy atom. The number of halogens is 3. The minimum absolute atomic E-state index is 0.180. The molecule has 1 aliphatic heterocycles. The second kappa shape index (κ2) is 8.42. The van der Waals surface area contributed by atoms with E-state index in [0.29, 0.717) is 39.2 Å². The minimum atomic E-state index is -0.431. The summed E-state index contributed by atoms with van der Waals surface area (Å²) in [5.74, 6) is 0.324. The lowest BCUT2D eigenvalue weighted by atomic mass is 9.99. The van der Waals surface area contributed by atoms with E-state index in [0.717, 1.165) is 38.5 Å². The van der Waals surface area contributed by atoms with Crippen LogP contribution in [-0.2, 0) is 22.4 Å². The number of hydrogen-bond acceptors (Lipinski definition) is 3. The molecular weight excluding hydrogens is 449 g/mol. The van der Waals surface area contributed by atoms with Crippen LogP contribution in [0.15, 0.2) is 21.4 Å². The lowest BCUT2D eigenvalue weighted by Gasteiger charge is -2.29. The van der Waals surface area contributed by atoms with Gasteiger partial charge in [0.15, 0.2) is 6.29 Å². The Labute approximate surface area is 177 Å². The number of hydrogen-bond donors (Lipinski definition) is 0. The maximum atomic E-state index is 14.5. The van der Waals surface area contributed by atoms with Gasteiger partial charge in [0.25, 0.3) is 0 Å². The van der Waals surface area contributed by atoms with E-state index in [1.165, 1.54) is 12.1 Å². The fourth-order valence-corrected chi connectivity index (χ4v) is 5.10. The maximum Gasteiger partial charge on any atom is 0.203 e. The van der Waals surface area contributed by atoms with Gasteiger partial charge >= 0.3 is 0 Å². The zero-order valence-corrected chi connectivity index (χ0v) is 18.2. The monoisotopic (exact) mass is 471 g/mol. The molecule has 0 bridgehead atoms. The Morgan fingerprint density at radius 3 is 2.79 bits per heavy atom. The summed E-state index contributed by atoms with van der Waals surface area (Å²) < 4.78 is 28.9. The number of nitrogens with zero attached hydrogens (tertiary/aromatic N) is 1. The largest absolute Gasteiger partial charge is 0.353 e. The molecule has 0 amide bonds. The van der Waals surface area contributed by atoms with Crippen LogP contribution in [0.2, 0.25) is 0 Å². The standard InChI is InChI=1S/C21H24BrClFNO3/c1-25-16(11-23)19(22)21(26)15-10-13(24)9-14(20(15)25)17(8-12-5-6-12)28-18-4-2-3-7-27-18/h9-10,12,17-18H,2-8,11H2,1H3. The summed E-state index contributed by atoms with van der Waals surface area (Å²) in [6.45, 7) is 0.687. The SMILES string of the molecule is Cn1c(CCl)c(Br)c(=O)c2cc(F)cc(C(CC3CC3)OC3CCCCO3)c21. The predicted molar refractivity (Wildman–Crippen MR) is 111 cm³/mol. The Kier molecular flexibility index (Phi) is 6.12. The van der Waals surface area contributed by atoms with Crippen molar-refractivity contribution in [2.45, 2.75) is 56.8 Å². The lowest BCUT2D eigenvalue weighted by Crippen LogP contribution is -2.25. The van der Waals surface area contributed by atoms with Crippen LogP contribution >= 0.6 is 27.5 Å². The molecule has 7 heteroatoms. The summed E-state index contributed by atoms with van der Waals surface area (Å²) in [6, 6.07) is 2.80. The van der Waals surface area contributed by atoms with Crippen LogP contribution in [0.5, 0.6) is 0 Å². The molecule has 1 aromatic heterocycles. The number of aryl methyl sites for hydroxylation is 1. The molecule has 4 rings (SSSR count). The molecule has 1 aliphatic carbocycles. The van der Waals surface area contributed by atoms with Crippen LogP contribution < -0.4 is 5.43 Å². The van der Waals surface area contributed by atoms with E-state index >= 15 is 0 Å². The van der Waals surface area contributed by atoms with E-state index < -0.39 is 5.82 Å². The summed E-state index contributed by atoms with van der Waals surface area (Å²) >= 11 is 9.44. The quantitative estimate of drug-likeness (QED) is 0.517. The fraction of sp³-hybridized carbons (Fsp3) is 0.571. The molecule has 2 unspecified atom stereocenters. The number of ether oxygens (including phenoxy) is 2. The third-order valence-electron chi connectivity index (χ3n) is 5.71. The Hall–Kier alpha value is -0.950. The topological polar surface area (TPSA) is 40.5 Å². The second-order valence-corrected chi connectivity index (χ2v) is 8.83. The number of pyridine rings is 1. The van der Waals surface area contributed by atoms with Gasteiger partial charge in [0.1, 0.15) is 5.82 Å². The van der Waals surface area contributed by atoms with E-state index in [-0.39, 0.29) is 23.7 Å². The molecule has 2 aromatic rings. The van der Waals surface area contributed by atoms with Gasteiger partial charge in [-0.3, -0.25) is 4.79 Å². The van der Waals surface area contributed by atoms with Crippen LogP contribution in [-0.4, -0.2) is 17.5 Å². The van der Waals surface area contributed by atoms with Gasteiger partial charge in [0.05, 0.1) is 33.1 Å². The summed E-state index contributed by atoms with van der Waals surface area (Å²) in [5.41, 5.74) is 1.82. The minimum Gasteiger partial charge on any atom is -0.353 e. The van der Waals surface area contributed by atoms with Crippen molar-refractivity contribution in [1.82, 2.24) is 4.57 Å². The zero-order chi connectivity index (χ0) is 19.8. The molecule has 0 radical (unpaired) electrons. The van der Waals surface area contributed by atoms with Crippen molar-refractivity contribution in [2.75, 3.05) is 6.61 Å². The zero-order valence-electron chi connectivity index (χ0n) is 15.8. The number of benzene rings is 1. The van der Waals surface area contributed by atoms with Crippen molar-refractivity contribution in [1.29, 1.82) is 0 Å². The molecule has 1 saturated heterocycles. The Bertz CT molecular complexity index is 938. The molecule has 2 atom stereocenters. The fourth-order valence-electron chi connectivity index (χ4n) is 4.01. The van der Waals surface area contributed by atoms with Gasteiger partial charge in [-0.05, 0) is 59.7 Å². The first-order valence-electron chi connectivity index (χ1n) is 9.83. The average Bonchev–Trinajstić information content (AvgIpc) is 3.50. The van der Waals surface area contributed by atoms with E-state index in [9.17, 15) is 9.18 Å². The molecule has 2 aliphatic rings. The average molecular weight is 473 g/mol. The summed E-state index contributed by atoms with van der Waals surface area (Å²) in [6.07, 6.45) is 5.47. The normalized spacial score (nSPS) is 21.2. The van der Waals surface area contributed by atoms with Crippen molar-refractivity contribution in [3.63, 3.8) is 0 Å². The smallest absolute Gasteiger partial charge is 0.203 e. The first-order valence-corrected chi connectivity index (χ1v) is 11.2. The van der Waals surface area contributed by atoms with Gasteiger partial charge in [0.2, 0.25) is 5.43 Å². The summed E-state index contributed by atoms with van der Waals surface area (Å²) in [5, 5.41) is 0.340. The van der Waals surface area contributed by atoms with Gasteiger partial charge < -0.3 is 14.0 Å². The molecule has 2 fully saturated rings. The van der Waals surface area contributed by atoms with E-state index in [2.05, 4.69) is 15.9 Å². The van der Waals surface area contributed by atoms with Gasteiger partial charge in [0, 0.05) is 19.2 Å². The highest BCUT2D eigenvalue weighted by molar-refractivity contribution is 9.10. The van der Waals surface area contributed by atoms with Crippen molar-refractivity contribution in [2.24, 2.45) is 13.0 Å². The highest BCUT2D eigenvalue weighted by atomic mass is 79.9. The van der Waals surface area contributed by atoms with E-state index in [1.807, 2.05) is 11.6 Å². The number of rotatable bonds is 6. The van der Waals surface area contributed by atoms with Crippen molar-refractivity contribution in [3.8, 4) is 0 Å². The van der Waals surface area contributed by atoms with Gasteiger partial charge in [-0.2, -0.15) is 0 Å². The Balaban J connectivity index is 1.85. The molecule has 0 N–H and O–H groups in total. The predicted octanol–water partition coefficient (Wildman–Crippen LogP) is 5.56.